The molecule has 0 aliphatic heterocycles. The van der Waals surface area contributed by atoms with Gasteiger partial charge in [0.05, 0.1) is 12.2 Å². The predicted molar refractivity (Wildman–Crippen MR) is 125 cm³/mol. The second-order valence-corrected chi connectivity index (χ2v) is 7.73. The molecule has 0 fully saturated rings. The lowest BCUT2D eigenvalue weighted by atomic mass is 10.1. The standard InChI is InChI=1S/C26H25N3O4/c1-17-23(13-14-25(30)31)18(2)29(28-17)15-20-9-11-22(12-10-20)32-16-24-19(3)33-26(27-24)21-7-5-4-6-8-21/h4-14H,15-16H2,1-3H3,(H,30,31)/b14-13+. The Kier molecular flexibility index (Phi) is 6.40. The predicted octanol–water partition coefficient (Wildman–Crippen LogP) is 5.19. The van der Waals surface area contributed by atoms with Gasteiger partial charge >= 0.3 is 5.97 Å². The molecule has 7 nitrogen and oxygen atoms in total. The molecule has 0 atom stereocenters. The van der Waals surface area contributed by atoms with Crippen molar-refractivity contribution < 1.29 is 19.1 Å². The highest BCUT2D eigenvalue weighted by Crippen LogP contribution is 2.23. The Morgan fingerprint density at radius 3 is 2.52 bits per heavy atom. The lowest BCUT2D eigenvalue weighted by molar-refractivity contribution is -0.131. The van der Waals surface area contributed by atoms with Crippen LogP contribution in [-0.4, -0.2) is 25.8 Å². The molecule has 2 aromatic carbocycles. The molecule has 2 heterocycles. The van der Waals surface area contributed by atoms with E-state index in [0.29, 0.717) is 19.0 Å². The molecule has 33 heavy (non-hydrogen) atoms. The third-order valence-corrected chi connectivity index (χ3v) is 5.37. The van der Waals surface area contributed by atoms with Crippen LogP contribution in [-0.2, 0) is 17.9 Å². The number of hydrogen-bond acceptors (Lipinski definition) is 5. The van der Waals surface area contributed by atoms with Crippen molar-refractivity contribution >= 4 is 12.0 Å². The van der Waals surface area contributed by atoms with Crippen LogP contribution in [0.3, 0.4) is 0 Å². The van der Waals surface area contributed by atoms with Crippen molar-refractivity contribution in [3.05, 3.63) is 94.6 Å². The molecule has 0 saturated heterocycles. The highest BCUT2D eigenvalue weighted by Gasteiger charge is 2.13. The van der Waals surface area contributed by atoms with Crippen LogP contribution in [0, 0.1) is 20.8 Å². The molecule has 168 valence electrons. The van der Waals surface area contributed by atoms with Gasteiger partial charge in [0.15, 0.2) is 0 Å². The van der Waals surface area contributed by atoms with Gasteiger partial charge < -0.3 is 14.3 Å². The minimum Gasteiger partial charge on any atom is -0.487 e. The zero-order chi connectivity index (χ0) is 23.4. The molecule has 4 aromatic rings. The molecule has 2 aromatic heterocycles. The normalized spacial score (nSPS) is 11.2. The van der Waals surface area contributed by atoms with Crippen molar-refractivity contribution in [1.29, 1.82) is 0 Å². The number of ether oxygens (including phenoxy) is 1. The largest absolute Gasteiger partial charge is 0.487 e. The summed E-state index contributed by atoms with van der Waals surface area (Å²) in [6.45, 7) is 6.59. The van der Waals surface area contributed by atoms with Crippen LogP contribution in [0.1, 0.15) is 34.0 Å². The molecule has 1 N–H and O–H groups in total. The highest BCUT2D eigenvalue weighted by atomic mass is 16.5. The summed E-state index contributed by atoms with van der Waals surface area (Å²) in [6.07, 6.45) is 2.72. The molecular formula is C26H25N3O4. The number of carbonyl (C=O) groups is 1. The Morgan fingerprint density at radius 1 is 1.09 bits per heavy atom. The third-order valence-electron chi connectivity index (χ3n) is 5.37. The van der Waals surface area contributed by atoms with E-state index in [-0.39, 0.29) is 0 Å². The third kappa shape index (κ3) is 5.20. The maximum atomic E-state index is 10.8. The summed E-state index contributed by atoms with van der Waals surface area (Å²) < 4.78 is 13.6. The van der Waals surface area contributed by atoms with Crippen molar-refractivity contribution in [2.75, 3.05) is 0 Å². The molecule has 0 unspecified atom stereocenters. The quantitative estimate of drug-likeness (QED) is 0.377. The number of carboxylic acids is 1. The maximum Gasteiger partial charge on any atom is 0.328 e. The number of oxazole rings is 1. The van der Waals surface area contributed by atoms with Crippen LogP contribution < -0.4 is 4.74 Å². The Morgan fingerprint density at radius 2 is 1.82 bits per heavy atom. The fourth-order valence-electron chi connectivity index (χ4n) is 3.54. The van der Waals surface area contributed by atoms with Crippen LogP contribution in [0.2, 0.25) is 0 Å². The summed E-state index contributed by atoms with van der Waals surface area (Å²) >= 11 is 0. The zero-order valence-electron chi connectivity index (χ0n) is 18.8. The Hall–Kier alpha value is -4.13. The van der Waals surface area contributed by atoms with Gasteiger partial charge in [-0.1, -0.05) is 30.3 Å². The molecule has 0 aliphatic rings. The summed E-state index contributed by atoms with van der Waals surface area (Å²) in [5, 5.41) is 13.4. The molecule has 0 spiro atoms. The van der Waals surface area contributed by atoms with Gasteiger partial charge in [0.2, 0.25) is 5.89 Å². The molecule has 0 amide bonds. The summed E-state index contributed by atoms with van der Waals surface area (Å²) in [6, 6.07) is 17.6. The molecule has 4 rings (SSSR count). The summed E-state index contributed by atoms with van der Waals surface area (Å²) in [5.74, 6) is 1.09. The molecule has 0 saturated carbocycles. The van der Waals surface area contributed by atoms with E-state index >= 15 is 0 Å². The Bertz CT molecular complexity index is 1290. The highest BCUT2D eigenvalue weighted by molar-refractivity contribution is 5.85. The van der Waals surface area contributed by atoms with E-state index in [0.717, 1.165) is 51.4 Å². The summed E-state index contributed by atoms with van der Waals surface area (Å²) in [7, 11) is 0. The second-order valence-electron chi connectivity index (χ2n) is 7.73. The SMILES string of the molecule is Cc1nn(Cc2ccc(OCc3nc(-c4ccccc4)oc3C)cc2)c(C)c1/C=C/C(=O)O. The van der Waals surface area contributed by atoms with Gasteiger partial charge in [0, 0.05) is 22.9 Å². The fraction of sp³-hybridized carbons (Fsp3) is 0.192. The van der Waals surface area contributed by atoms with E-state index in [1.165, 1.54) is 0 Å². The van der Waals surface area contributed by atoms with Gasteiger partial charge in [-0.05, 0) is 56.7 Å². The van der Waals surface area contributed by atoms with Crippen LogP contribution in [0.5, 0.6) is 5.75 Å². The van der Waals surface area contributed by atoms with Gasteiger partial charge in [-0.15, -0.1) is 0 Å². The van der Waals surface area contributed by atoms with E-state index < -0.39 is 5.97 Å². The number of carboxylic acid groups (broad SMARTS) is 1. The van der Waals surface area contributed by atoms with Gasteiger partial charge in [0.1, 0.15) is 23.8 Å². The Balaban J connectivity index is 1.40. The number of aryl methyl sites for hydroxylation is 2. The lowest BCUT2D eigenvalue weighted by Gasteiger charge is -2.08. The average molecular weight is 444 g/mol. The van der Waals surface area contributed by atoms with Gasteiger partial charge in [-0.2, -0.15) is 5.10 Å². The molecule has 0 aliphatic carbocycles. The van der Waals surface area contributed by atoms with Gasteiger partial charge in [-0.25, -0.2) is 9.78 Å². The number of benzene rings is 2. The first-order chi connectivity index (χ1) is 15.9. The van der Waals surface area contributed by atoms with E-state index in [2.05, 4.69) is 10.1 Å². The monoisotopic (exact) mass is 443 g/mol. The fourth-order valence-corrected chi connectivity index (χ4v) is 3.54. The first-order valence-electron chi connectivity index (χ1n) is 10.6. The molecule has 7 heteroatoms. The number of nitrogens with zero attached hydrogens (tertiary/aromatic N) is 3. The Labute approximate surface area is 192 Å². The number of aliphatic carboxylic acids is 1. The molecule has 0 bridgehead atoms. The molecule has 0 radical (unpaired) electrons. The lowest BCUT2D eigenvalue weighted by Crippen LogP contribution is -2.04. The van der Waals surface area contributed by atoms with E-state index in [9.17, 15) is 4.79 Å². The summed E-state index contributed by atoms with van der Waals surface area (Å²) in [5.41, 5.74) is 5.30. The topological polar surface area (TPSA) is 90.4 Å². The first kappa shape index (κ1) is 22.1. The minimum atomic E-state index is -0.978. The number of rotatable bonds is 8. The van der Waals surface area contributed by atoms with Crippen LogP contribution in [0.15, 0.2) is 65.1 Å². The van der Waals surface area contributed by atoms with E-state index in [1.54, 1.807) is 6.08 Å². The van der Waals surface area contributed by atoms with E-state index in [4.69, 9.17) is 14.3 Å². The van der Waals surface area contributed by atoms with Gasteiger partial charge in [-0.3, -0.25) is 4.68 Å². The van der Waals surface area contributed by atoms with Crippen LogP contribution in [0.4, 0.5) is 0 Å². The number of aromatic nitrogens is 3. The minimum absolute atomic E-state index is 0.318. The average Bonchev–Trinajstić information content (AvgIpc) is 3.31. The maximum absolute atomic E-state index is 10.8. The van der Waals surface area contributed by atoms with Crippen LogP contribution in [0.25, 0.3) is 17.5 Å². The van der Waals surface area contributed by atoms with Crippen molar-refractivity contribution in [2.24, 2.45) is 0 Å². The van der Waals surface area contributed by atoms with E-state index in [1.807, 2.05) is 80.1 Å². The smallest absolute Gasteiger partial charge is 0.328 e. The number of hydrogen-bond donors (Lipinski definition) is 1. The van der Waals surface area contributed by atoms with Crippen molar-refractivity contribution in [2.45, 2.75) is 33.9 Å². The van der Waals surface area contributed by atoms with Gasteiger partial charge in [0.25, 0.3) is 0 Å². The summed E-state index contributed by atoms with van der Waals surface area (Å²) in [4.78, 5) is 15.4. The zero-order valence-corrected chi connectivity index (χ0v) is 18.8. The van der Waals surface area contributed by atoms with Crippen molar-refractivity contribution in [1.82, 2.24) is 14.8 Å². The van der Waals surface area contributed by atoms with Crippen molar-refractivity contribution in [3.8, 4) is 17.2 Å². The molecular weight excluding hydrogens is 418 g/mol. The van der Waals surface area contributed by atoms with Crippen LogP contribution >= 0.6 is 0 Å². The second kappa shape index (κ2) is 9.56. The van der Waals surface area contributed by atoms with Crippen molar-refractivity contribution in [3.63, 3.8) is 0 Å². The first-order valence-corrected chi connectivity index (χ1v) is 10.6.